The predicted octanol–water partition coefficient (Wildman–Crippen LogP) is 3.65. The van der Waals surface area contributed by atoms with Gasteiger partial charge in [-0.3, -0.25) is 4.79 Å². The van der Waals surface area contributed by atoms with Crippen molar-refractivity contribution in [1.82, 2.24) is 0 Å². The number of esters is 1. The third-order valence-corrected chi connectivity index (χ3v) is 4.57. The highest BCUT2D eigenvalue weighted by Crippen LogP contribution is 2.32. The minimum atomic E-state index is -1.02. The van der Waals surface area contributed by atoms with Gasteiger partial charge in [0, 0.05) is 12.5 Å². The van der Waals surface area contributed by atoms with Crippen LogP contribution >= 0.6 is 11.9 Å². The van der Waals surface area contributed by atoms with Crippen LogP contribution in [0.4, 0.5) is 14.5 Å². The van der Waals surface area contributed by atoms with E-state index in [2.05, 4.69) is 4.72 Å². The Morgan fingerprint density at radius 1 is 1.38 bits per heavy atom. The Hall–Kier alpha value is -2.09. The minimum absolute atomic E-state index is 0.194. The number of aliphatic carboxylic acids is 1. The first kappa shape index (κ1) is 18.3. The van der Waals surface area contributed by atoms with E-state index in [4.69, 9.17) is 9.84 Å². The van der Waals surface area contributed by atoms with Crippen molar-refractivity contribution in [2.24, 2.45) is 0 Å². The van der Waals surface area contributed by atoms with E-state index >= 15 is 0 Å². The van der Waals surface area contributed by atoms with Crippen LogP contribution in [0.5, 0.6) is 0 Å². The molecule has 2 N–H and O–H groups in total. The standard InChI is InChI=1S/C16H17F2NO4S/c1-9(20)23-8-10-6-12(17)15(13(18)7-10)19-24-14-5-3-2-4-11(14)16(21)22/h4,6-7,14,19H,2-3,5,8H2,1H3,(H,21,22). The van der Waals surface area contributed by atoms with Gasteiger partial charge >= 0.3 is 11.9 Å². The molecule has 0 aliphatic heterocycles. The van der Waals surface area contributed by atoms with Crippen LogP contribution in [0.2, 0.25) is 0 Å². The summed E-state index contributed by atoms with van der Waals surface area (Å²) in [5, 5.41) is 8.78. The Bertz CT molecular complexity index is 655. The molecule has 5 nitrogen and oxygen atoms in total. The summed E-state index contributed by atoms with van der Waals surface area (Å²) >= 11 is 0.975. The largest absolute Gasteiger partial charge is 0.478 e. The molecule has 0 amide bonds. The molecule has 0 spiro atoms. The lowest BCUT2D eigenvalue weighted by atomic mass is 9.99. The highest BCUT2D eigenvalue weighted by Gasteiger charge is 2.24. The first-order valence-electron chi connectivity index (χ1n) is 7.34. The van der Waals surface area contributed by atoms with E-state index in [0.29, 0.717) is 12.8 Å². The van der Waals surface area contributed by atoms with Gasteiger partial charge in [0.05, 0.1) is 5.25 Å². The zero-order valence-electron chi connectivity index (χ0n) is 13.0. The number of nitrogens with one attached hydrogen (secondary N) is 1. The van der Waals surface area contributed by atoms with Crippen LogP contribution in [0.25, 0.3) is 0 Å². The van der Waals surface area contributed by atoms with Crippen molar-refractivity contribution in [3.8, 4) is 0 Å². The average Bonchev–Trinajstić information content (AvgIpc) is 2.52. The summed E-state index contributed by atoms with van der Waals surface area (Å²) in [5.41, 5.74) is 0.0902. The number of carbonyl (C=O) groups is 2. The Balaban J connectivity index is 2.07. The fourth-order valence-electron chi connectivity index (χ4n) is 2.32. The molecule has 0 radical (unpaired) electrons. The van der Waals surface area contributed by atoms with Gasteiger partial charge in [-0.05, 0) is 48.9 Å². The molecular formula is C16H17F2NO4S. The third-order valence-electron chi connectivity index (χ3n) is 3.48. The van der Waals surface area contributed by atoms with Gasteiger partial charge in [-0.2, -0.15) is 0 Å². The zero-order chi connectivity index (χ0) is 17.7. The Morgan fingerprint density at radius 2 is 2.04 bits per heavy atom. The summed E-state index contributed by atoms with van der Waals surface area (Å²) in [6, 6.07) is 2.15. The molecule has 130 valence electrons. The summed E-state index contributed by atoms with van der Waals surface area (Å²) < 4.78 is 35.4. The molecule has 0 saturated heterocycles. The molecule has 1 unspecified atom stereocenters. The van der Waals surface area contributed by atoms with E-state index in [0.717, 1.165) is 30.5 Å². The van der Waals surface area contributed by atoms with Gasteiger partial charge in [0.2, 0.25) is 0 Å². The number of hydrogen-bond acceptors (Lipinski definition) is 5. The number of anilines is 1. The van der Waals surface area contributed by atoms with Crippen LogP contribution < -0.4 is 4.72 Å². The molecule has 2 rings (SSSR count). The van der Waals surface area contributed by atoms with Crippen LogP contribution in [-0.4, -0.2) is 22.3 Å². The van der Waals surface area contributed by atoms with Crippen molar-refractivity contribution in [2.75, 3.05) is 4.72 Å². The van der Waals surface area contributed by atoms with Crippen LogP contribution in [0, 0.1) is 11.6 Å². The summed E-state index contributed by atoms with van der Waals surface area (Å²) in [5.74, 6) is -3.23. The highest BCUT2D eigenvalue weighted by atomic mass is 32.2. The highest BCUT2D eigenvalue weighted by molar-refractivity contribution is 8.01. The second-order valence-electron chi connectivity index (χ2n) is 5.32. The molecule has 1 aliphatic carbocycles. The van der Waals surface area contributed by atoms with Crippen LogP contribution in [-0.2, 0) is 20.9 Å². The monoisotopic (exact) mass is 357 g/mol. The first-order valence-corrected chi connectivity index (χ1v) is 8.22. The summed E-state index contributed by atoms with van der Waals surface area (Å²) in [6.45, 7) is 0.988. The molecule has 0 bridgehead atoms. The van der Waals surface area contributed by atoms with Gasteiger partial charge in [-0.1, -0.05) is 6.08 Å². The molecule has 1 atom stereocenters. The number of rotatable bonds is 6. The number of carboxylic acid groups (broad SMARTS) is 1. The van der Waals surface area contributed by atoms with Crippen molar-refractivity contribution >= 4 is 29.6 Å². The third kappa shape index (κ3) is 4.70. The smallest absolute Gasteiger partial charge is 0.332 e. The van der Waals surface area contributed by atoms with Crippen LogP contribution in [0.1, 0.15) is 31.7 Å². The molecule has 1 aliphatic rings. The van der Waals surface area contributed by atoms with Crippen LogP contribution in [0.15, 0.2) is 23.8 Å². The summed E-state index contributed by atoms with van der Waals surface area (Å²) in [6.07, 6.45) is 3.76. The predicted molar refractivity (Wildman–Crippen MR) is 86.4 cm³/mol. The molecule has 8 heteroatoms. The SMILES string of the molecule is CC(=O)OCc1cc(F)c(NSC2CCCC=C2C(=O)O)c(F)c1. The number of ether oxygens (including phenoxy) is 1. The normalized spacial score (nSPS) is 17.1. The zero-order valence-corrected chi connectivity index (χ0v) is 13.8. The van der Waals surface area contributed by atoms with Gasteiger partial charge in [-0.15, -0.1) is 0 Å². The fourth-order valence-corrected chi connectivity index (χ4v) is 3.38. The quantitative estimate of drug-likeness (QED) is 0.598. The molecule has 0 aromatic heterocycles. The molecular weight excluding hydrogens is 340 g/mol. The average molecular weight is 357 g/mol. The van der Waals surface area contributed by atoms with Crippen molar-refractivity contribution in [1.29, 1.82) is 0 Å². The molecule has 1 aromatic carbocycles. The van der Waals surface area contributed by atoms with E-state index in [1.54, 1.807) is 6.08 Å². The van der Waals surface area contributed by atoms with Crippen molar-refractivity contribution in [3.63, 3.8) is 0 Å². The number of benzene rings is 1. The van der Waals surface area contributed by atoms with Gasteiger partial charge in [0.1, 0.15) is 12.3 Å². The van der Waals surface area contributed by atoms with Crippen molar-refractivity contribution in [3.05, 3.63) is 41.0 Å². The number of carbonyl (C=O) groups excluding carboxylic acids is 1. The summed E-state index contributed by atoms with van der Waals surface area (Å²) in [7, 11) is 0. The van der Waals surface area contributed by atoms with Gasteiger partial charge in [0.25, 0.3) is 0 Å². The number of halogens is 2. The molecule has 1 aromatic rings. The maximum absolute atomic E-state index is 14.1. The van der Waals surface area contributed by atoms with Gasteiger partial charge in [-0.25, -0.2) is 13.6 Å². The lowest BCUT2D eigenvalue weighted by Crippen LogP contribution is -2.20. The molecule has 0 fully saturated rings. The van der Waals surface area contributed by atoms with Gasteiger partial charge in [0.15, 0.2) is 11.6 Å². The maximum Gasteiger partial charge on any atom is 0.332 e. The van der Waals surface area contributed by atoms with E-state index in [1.807, 2.05) is 0 Å². The fraction of sp³-hybridized carbons (Fsp3) is 0.375. The number of allylic oxidation sites excluding steroid dienone is 1. The van der Waals surface area contributed by atoms with E-state index in [9.17, 15) is 18.4 Å². The minimum Gasteiger partial charge on any atom is -0.478 e. The lowest BCUT2D eigenvalue weighted by Gasteiger charge is -2.21. The van der Waals surface area contributed by atoms with Crippen molar-refractivity contribution in [2.45, 2.75) is 38.0 Å². The van der Waals surface area contributed by atoms with E-state index in [-0.39, 0.29) is 28.7 Å². The Labute approximate surface area is 142 Å². The van der Waals surface area contributed by atoms with Crippen molar-refractivity contribution < 1.29 is 28.2 Å². The van der Waals surface area contributed by atoms with Gasteiger partial charge < -0.3 is 14.6 Å². The molecule has 24 heavy (non-hydrogen) atoms. The molecule has 0 saturated carbocycles. The maximum atomic E-state index is 14.1. The Morgan fingerprint density at radius 3 is 2.62 bits per heavy atom. The second kappa shape index (κ2) is 8.14. The van der Waals surface area contributed by atoms with E-state index < -0.39 is 23.6 Å². The number of hydrogen-bond donors (Lipinski definition) is 2. The number of carboxylic acids is 1. The lowest BCUT2D eigenvalue weighted by molar-refractivity contribution is -0.142. The summed E-state index contributed by atoms with van der Waals surface area (Å²) in [4.78, 5) is 21.9. The topological polar surface area (TPSA) is 75.6 Å². The molecule has 0 heterocycles. The Kier molecular flexibility index (Phi) is 6.19. The van der Waals surface area contributed by atoms with Crippen LogP contribution in [0.3, 0.4) is 0 Å². The van der Waals surface area contributed by atoms with E-state index in [1.165, 1.54) is 6.92 Å². The first-order chi connectivity index (χ1) is 11.4. The second-order valence-corrected chi connectivity index (χ2v) is 6.33.